The smallest absolute Gasteiger partial charge is 0.0700 e. The highest BCUT2D eigenvalue weighted by Gasteiger charge is 2.26. The van der Waals surface area contributed by atoms with E-state index in [0.717, 1.165) is 35.6 Å². The number of rotatable bonds is 4. The third kappa shape index (κ3) is 3.70. The number of benzene rings is 1. The summed E-state index contributed by atoms with van der Waals surface area (Å²) in [5.41, 5.74) is 7.19. The van der Waals surface area contributed by atoms with Crippen LogP contribution in [0.5, 0.6) is 0 Å². The first-order chi connectivity index (χ1) is 9.15. The average Bonchev–Trinajstić information content (AvgIpc) is 2.42. The zero-order chi connectivity index (χ0) is 13.8. The van der Waals surface area contributed by atoms with Crippen molar-refractivity contribution in [2.24, 2.45) is 5.73 Å². The Hall–Kier alpha value is -0.130. The molecule has 1 fully saturated rings. The van der Waals surface area contributed by atoms with Crippen molar-refractivity contribution >= 4 is 27.5 Å². The Bertz CT molecular complexity index is 430. The van der Waals surface area contributed by atoms with Gasteiger partial charge in [0.15, 0.2) is 0 Å². The van der Waals surface area contributed by atoms with Crippen LogP contribution in [-0.2, 0) is 4.74 Å². The molecule has 0 amide bonds. The SMILES string of the molecule is CCC1CN(C(CN)c2ccc(Cl)cc2Br)CCO1. The maximum Gasteiger partial charge on any atom is 0.0700 e. The largest absolute Gasteiger partial charge is 0.376 e. The summed E-state index contributed by atoms with van der Waals surface area (Å²) in [6.07, 6.45) is 1.35. The number of hydrogen-bond donors (Lipinski definition) is 1. The summed E-state index contributed by atoms with van der Waals surface area (Å²) in [7, 11) is 0. The molecule has 1 aromatic rings. The summed E-state index contributed by atoms with van der Waals surface area (Å²) >= 11 is 9.59. The Morgan fingerprint density at radius 3 is 3.00 bits per heavy atom. The fourth-order valence-corrected chi connectivity index (χ4v) is 3.46. The Labute approximate surface area is 128 Å². The molecule has 0 aliphatic carbocycles. The second kappa shape index (κ2) is 7.04. The van der Waals surface area contributed by atoms with Crippen molar-refractivity contribution < 1.29 is 4.74 Å². The molecule has 0 bridgehead atoms. The zero-order valence-corrected chi connectivity index (χ0v) is 13.5. The van der Waals surface area contributed by atoms with E-state index >= 15 is 0 Å². The Morgan fingerprint density at radius 1 is 1.58 bits per heavy atom. The molecule has 1 aliphatic rings. The van der Waals surface area contributed by atoms with Crippen LogP contribution >= 0.6 is 27.5 Å². The van der Waals surface area contributed by atoms with Gasteiger partial charge in [0, 0.05) is 35.2 Å². The molecule has 0 saturated carbocycles. The van der Waals surface area contributed by atoms with Gasteiger partial charge in [-0.1, -0.05) is 40.5 Å². The van der Waals surface area contributed by atoms with E-state index in [0.29, 0.717) is 12.6 Å². The van der Waals surface area contributed by atoms with Crippen LogP contribution in [0.4, 0.5) is 0 Å². The standard InChI is InChI=1S/C14H20BrClN2O/c1-2-11-9-18(5-6-19-11)14(8-17)12-4-3-10(16)7-13(12)15/h3-4,7,11,14H,2,5-6,8-9,17H2,1H3. The second-order valence-electron chi connectivity index (χ2n) is 4.81. The third-order valence-corrected chi connectivity index (χ3v) is 4.53. The highest BCUT2D eigenvalue weighted by atomic mass is 79.9. The van der Waals surface area contributed by atoms with E-state index < -0.39 is 0 Å². The number of morpholine rings is 1. The van der Waals surface area contributed by atoms with E-state index in [1.54, 1.807) is 0 Å². The van der Waals surface area contributed by atoms with Gasteiger partial charge in [-0.2, -0.15) is 0 Å². The summed E-state index contributed by atoms with van der Waals surface area (Å²) in [6, 6.07) is 6.12. The Kier molecular flexibility index (Phi) is 5.66. The van der Waals surface area contributed by atoms with Gasteiger partial charge in [-0.15, -0.1) is 0 Å². The number of nitrogens with zero attached hydrogens (tertiary/aromatic N) is 1. The van der Waals surface area contributed by atoms with Gasteiger partial charge in [-0.25, -0.2) is 0 Å². The minimum atomic E-state index is 0.213. The van der Waals surface area contributed by atoms with Crippen molar-refractivity contribution in [2.45, 2.75) is 25.5 Å². The van der Waals surface area contributed by atoms with Gasteiger partial charge in [-0.3, -0.25) is 4.90 Å². The van der Waals surface area contributed by atoms with Crippen LogP contribution in [0.2, 0.25) is 5.02 Å². The van der Waals surface area contributed by atoms with Gasteiger partial charge >= 0.3 is 0 Å². The summed E-state index contributed by atoms with van der Waals surface area (Å²) in [5.74, 6) is 0. The lowest BCUT2D eigenvalue weighted by Crippen LogP contribution is -2.46. The van der Waals surface area contributed by atoms with Crippen molar-refractivity contribution in [2.75, 3.05) is 26.2 Å². The van der Waals surface area contributed by atoms with Crippen LogP contribution in [0.1, 0.15) is 24.9 Å². The molecule has 1 aromatic carbocycles. The van der Waals surface area contributed by atoms with Crippen LogP contribution in [-0.4, -0.2) is 37.2 Å². The van der Waals surface area contributed by atoms with E-state index in [1.165, 1.54) is 5.56 Å². The maximum absolute atomic E-state index is 6.00. The molecule has 0 radical (unpaired) electrons. The molecule has 106 valence electrons. The van der Waals surface area contributed by atoms with Crippen LogP contribution in [0, 0.1) is 0 Å². The lowest BCUT2D eigenvalue weighted by atomic mass is 10.0. The first-order valence-corrected chi connectivity index (χ1v) is 7.83. The number of halogens is 2. The summed E-state index contributed by atoms with van der Waals surface area (Å²) in [4.78, 5) is 2.41. The van der Waals surface area contributed by atoms with Crippen molar-refractivity contribution in [3.8, 4) is 0 Å². The molecule has 19 heavy (non-hydrogen) atoms. The lowest BCUT2D eigenvalue weighted by Gasteiger charge is -2.38. The number of hydrogen-bond acceptors (Lipinski definition) is 3. The molecular weight excluding hydrogens is 328 g/mol. The van der Waals surface area contributed by atoms with Crippen LogP contribution in [0.25, 0.3) is 0 Å². The van der Waals surface area contributed by atoms with Gasteiger partial charge in [-0.05, 0) is 24.1 Å². The van der Waals surface area contributed by atoms with Crippen LogP contribution in [0.3, 0.4) is 0 Å². The highest BCUT2D eigenvalue weighted by molar-refractivity contribution is 9.10. The zero-order valence-electron chi connectivity index (χ0n) is 11.1. The predicted molar refractivity (Wildman–Crippen MR) is 82.6 cm³/mol. The summed E-state index contributed by atoms with van der Waals surface area (Å²) in [6.45, 7) is 5.39. The molecule has 0 spiro atoms. The van der Waals surface area contributed by atoms with Crippen LogP contribution < -0.4 is 5.73 Å². The molecule has 0 aromatic heterocycles. The molecule has 3 nitrogen and oxygen atoms in total. The van der Waals surface area contributed by atoms with E-state index in [1.807, 2.05) is 12.1 Å². The number of ether oxygens (including phenoxy) is 1. The lowest BCUT2D eigenvalue weighted by molar-refractivity contribution is -0.0438. The molecule has 2 N–H and O–H groups in total. The minimum absolute atomic E-state index is 0.213. The van der Waals surface area contributed by atoms with Crippen LogP contribution in [0.15, 0.2) is 22.7 Å². The Balaban J connectivity index is 2.19. The van der Waals surface area contributed by atoms with Gasteiger partial charge in [0.2, 0.25) is 0 Å². The van der Waals surface area contributed by atoms with E-state index in [2.05, 4.69) is 33.8 Å². The normalized spacial score (nSPS) is 22.4. The molecule has 1 aliphatic heterocycles. The monoisotopic (exact) mass is 346 g/mol. The third-order valence-electron chi connectivity index (χ3n) is 3.61. The predicted octanol–water partition coefficient (Wildman–Crippen LogP) is 3.21. The fourth-order valence-electron chi connectivity index (χ4n) is 2.52. The Morgan fingerprint density at radius 2 is 2.37 bits per heavy atom. The average molecular weight is 348 g/mol. The topological polar surface area (TPSA) is 38.5 Å². The molecule has 2 unspecified atom stereocenters. The van der Waals surface area contributed by atoms with Crippen molar-refractivity contribution in [3.63, 3.8) is 0 Å². The fraction of sp³-hybridized carbons (Fsp3) is 0.571. The molecule has 1 heterocycles. The first-order valence-electron chi connectivity index (χ1n) is 6.66. The van der Waals surface area contributed by atoms with Gasteiger partial charge in [0.05, 0.1) is 12.7 Å². The molecule has 2 rings (SSSR count). The quantitative estimate of drug-likeness (QED) is 0.909. The molecular formula is C14H20BrClN2O. The maximum atomic E-state index is 6.00. The molecule has 1 saturated heterocycles. The van der Waals surface area contributed by atoms with Gasteiger partial charge < -0.3 is 10.5 Å². The minimum Gasteiger partial charge on any atom is -0.376 e. The second-order valence-corrected chi connectivity index (χ2v) is 6.10. The van der Waals surface area contributed by atoms with Gasteiger partial charge in [0.25, 0.3) is 0 Å². The highest BCUT2D eigenvalue weighted by Crippen LogP contribution is 2.30. The van der Waals surface area contributed by atoms with Gasteiger partial charge in [0.1, 0.15) is 0 Å². The van der Waals surface area contributed by atoms with Crippen molar-refractivity contribution in [1.82, 2.24) is 4.90 Å². The molecule has 2 atom stereocenters. The van der Waals surface area contributed by atoms with Crippen molar-refractivity contribution in [1.29, 1.82) is 0 Å². The number of nitrogens with two attached hydrogens (primary N) is 1. The summed E-state index contributed by atoms with van der Waals surface area (Å²) < 4.78 is 6.75. The summed E-state index contributed by atoms with van der Waals surface area (Å²) in [5, 5.41) is 0.736. The van der Waals surface area contributed by atoms with E-state index in [9.17, 15) is 0 Å². The van der Waals surface area contributed by atoms with E-state index in [4.69, 9.17) is 22.1 Å². The van der Waals surface area contributed by atoms with E-state index in [-0.39, 0.29) is 6.04 Å². The first kappa shape index (κ1) is 15.3. The molecule has 5 heteroatoms. The van der Waals surface area contributed by atoms with Crippen molar-refractivity contribution in [3.05, 3.63) is 33.3 Å².